The van der Waals surface area contributed by atoms with E-state index in [0.717, 1.165) is 6.42 Å². The van der Waals surface area contributed by atoms with Crippen LogP contribution in [0.2, 0.25) is 0 Å². The molecule has 0 saturated carbocycles. The number of nitrogens with one attached hydrogen (secondary N) is 1. The first-order valence-electron chi connectivity index (χ1n) is 6.08. The zero-order chi connectivity index (χ0) is 14.8. The predicted molar refractivity (Wildman–Crippen MR) is 78.5 cm³/mol. The maximum atomic E-state index is 12.6. The Morgan fingerprint density at radius 2 is 2.05 bits per heavy atom. The Morgan fingerprint density at radius 1 is 1.47 bits per heavy atom. The van der Waals surface area contributed by atoms with Crippen LogP contribution in [0.15, 0.2) is 20.0 Å². The number of furan rings is 1. The SMILES string of the molecule is CCC(C)(C)N(C)S(=O)(=O)c1cc(CNC)oc1Br. The molecule has 0 aliphatic rings. The van der Waals surface area contributed by atoms with Gasteiger partial charge in [-0.15, -0.1) is 0 Å². The summed E-state index contributed by atoms with van der Waals surface area (Å²) in [5.41, 5.74) is -0.446. The monoisotopic (exact) mass is 352 g/mol. The van der Waals surface area contributed by atoms with Crippen molar-refractivity contribution in [1.82, 2.24) is 9.62 Å². The average molecular weight is 353 g/mol. The zero-order valence-corrected chi connectivity index (χ0v) is 14.4. The summed E-state index contributed by atoms with van der Waals surface area (Å²) < 4.78 is 32.2. The Hall–Kier alpha value is -0.370. The maximum Gasteiger partial charge on any atom is 0.247 e. The second-order valence-electron chi connectivity index (χ2n) is 5.02. The van der Waals surface area contributed by atoms with Crippen molar-refractivity contribution in [3.8, 4) is 0 Å². The van der Waals surface area contributed by atoms with Crippen molar-refractivity contribution in [3.05, 3.63) is 16.5 Å². The van der Waals surface area contributed by atoms with Crippen LogP contribution < -0.4 is 5.32 Å². The minimum atomic E-state index is -3.57. The van der Waals surface area contributed by atoms with Crippen LogP contribution in [0.5, 0.6) is 0 Å². The van der Waals surface area contributed by atoms with Crippen LogP contribution in [-0.2, 0) is 16.6 Å². The molecular formula is C12H21BrN2O3S. The van der Waals surface area contributed by atoms with E-state index in [4.69, 9.17) is 4.42 Å². The van der Waals surface area contributed by atoms with Gasteiger partial charge in [0.15, 0.2) is 4.67 Å². The lowest BCUT2D eigenvalue weighted by Crippen LogP contribution is -2.44. The van der Waals surface area contributed by atoms with E-state index in [0.29, 0.717) is 12.3 Å². The van der Waals surface area contributed by atoms with Crippen LogP contribution in [0.4, 0.5) is 0 Å². The summed E-state index contributed by atoms with van der Waals surface area (Å²) in [4.78, 5) is 0.168. The van der Waals surface area contributed by atoms with Crippen LogP contribution in [0.25, 0.3) is 0 Å². The van der Waals surface area contributed by atoms with Crippen LogP contribution in [0, 0.1) is 0 Å². The summed E-state index contributed by atoms with van der Waals surface area (Å²) in [6.45, 7) is 6.23. The van der Waals surface area contributed by atoms with E-state index in [1.54, 1.807) is 20.2 Å². The number of hydrogen-bond donors (Lipinski definition) is 1. The average Bonchev–Trinajstić information content (AvgIpc) is 2.70. The number of halogens is 1. The van der Waals surface area contributed by atoms with Crippen molar-refractivity contribution < 1.29 is 12.8 Å². The first kappa shape index (κ1) is 16.7. The number of sulfonamides is 1. The van der Waals surface area contributed by atoms with Gasteiger partial charge in [-0.05, 0) is 43.2 Å². The highest BCUT2D eigenvalue weighted by Crippen LogP contribution is 2.32. The summed E-state index contributed by atoms with van der Waals surface area (Å²) in [5.74, 6) is 0.579. The quantitative estimate of drug-likeness (QED) is 0.854. The van der Waals surface area contributed by atoms with E-state index in [1.165, 1.54) is 4.31 Å². The molecular weight excluding hydrogens is 332 g/mol. The molecule has 0 unspecified atom stereocenters. The third-order valence-corrected chi connectivity index (χ3v) is 6.34. The van der Waals surface area contributed by atoms with E-state index in [1.807, 2.05) is 20.8 Å². The van der Waals surface area contributed by atoms with E-state index < -0.39 is 15.6 Å². The summed E-state index contributed by atoms with van der Waals surface area (Å²) in [7, 11) is -0.204. The molecule has 1 aromatic heterocycles. The Labute approximate surface area is 123 Å². The van der Waals surface area contributed by atoms with Gasteiger partial charge in [0.2, 0.25) is 10.0 Å². The smallest absolute Gasteiger partial charge is 0.247 e. The lowest BCUT2D eigenvalue weighted by Gasteiger charge is -2.33. The lowest BCUT2D eigenvalue weighted by atomic mass is 10.0. The van der Waals surface area contributed by atoms with Crippen molar-refractivity contribution in [2.45, 2.75) is 44.2 Å². The highest BCUT2D eigenvalue weighted by Gasteiger charge is 2.35. The molecule has 1 aromatic rings. The fourth-order valence-electron chi connectivity index (χ4n) is 1.53. The van der Waals surface area contributed by atoms with Gasteiger partial charge in [-0.2, -0.15) is 4.31 Å². The predicted octanol–water partition coefficient (Wildman–Crippen LogP) is 2.57. The molecule has 0 aliphatic carbocycles. The second-order valence-corrected chi connectivity index (χ2v) is 7.68. The van der Waals surface area contributed by atoms with Gasteiger partial charge < -0.3 is 9.73 Å². The summed E-state index contributed by atoms with van der Waals surface area (Å²) in [5, 5.41) is 2.92. The molecule has 0 fully saturated rings. The summed E-state index contributed by atoms with van der Waals surface area (Å²) in [6, 6.07) is 1.55. The van der Waals surface area contributed by atoms with Gasteiger partial charge in [-0.25, -0.2) is 8.42 Å². The van der Waals surface area contributed by atoms with E-state index >= 15 is 0 Å². The fraction of sp³-hybridized carbons (Fsp3) is 0.667. The minimum absolute atomic E-state index is 0.168. The van der Waals surface area contributed by atoms with Crippen molar-refractivity contribution in [1.29, 1.82) is 0 Å². The molecule has 0 bridgehead atoms. The molecule has 1 rings (SSSR count). The molecule has 0 amide bonds. The number of hydrogen-bond acceptors (Lipinski definition) is 4. The summed E-state index contributed by atoms with van der Waals surface area (Å²) in [6.07, 6.45) is 0.724. The van der Waals surface area contributed by atoms with Gasteiger partial charge in [0.1, 0.15) is 10.7 Å². The van der Waals surface area contributed by atoms with Gasteiger partial charge in [-0.3, -0.25) is 0 Å². The van der Waals surface area contributed by atoms with E-state index in [9.17, 15) is 8.42 Å². The van der Waals surface area contributed by atoms with Crippen LogP contribution >= 0.6 is 15.9 Å². The molecule has 7 heteroatoms. The van der Waals surface area contributed by atoms with Crippen molar-refractivity contribution in [2.24, 2.45) is 0 Å². The molecule has 0 radical (unpaired) electrons. The molecule has 0 spiro atoms. The third-order valence-electron chi connectivity index (χ3n) is 3.41. The number of rotatable bonds is 6. The topological polar surface area (TPSA) is 62.6 Å². The maximum absolute atomic E-state index is 12.6. The lowest BCUT2D eigenvalue weighted by molar-refractivity contribution is 0.257. The Kier molecular flexibility index (Phi) is 5.22. The van der Waals surface area contributed by atoms with Gasteiger partial charge in [-0.1, -0.05) is 6.92 Å². The standard InChI is InChI=1S/C12H21BrN2O3S/c1-6-12(2,3)15(5)19(16,17)10-7-9(8-14-4)18-11(10)13/h7,14H,6,8H2,1-5H3. The molecule has 0 aliphatic heterocycles. The highest BCUT2D eigenvalue weighted by atomic mass is 79.9. The molecule has 19 heavy (non-hydrogen) atoms. The highest BCUT2D eigenvalue weighted by molar-refractivity contribution is 9.10. The fourth-order valence-corrected chi connectivity index (χ4v) is 4.07. The van der Waals surface area contributed by atoms with Crippen molar-refractivity contribution in [3.63, 3.8) is 0 Å². The van der Waals surface area contributed by atoms with Gasteiger partial charge >= 0.3 is 0 Å². The molecule has 5 nitrogen and oxygen atoms in total. The molecule has 1 N–H and O–H groups in total. The van der Waals surface area contributed by atoms with E-state index in [-0.39, 0.29) is 9.56 Å². The first-order valence-corrected chi connectivity index (χ1v) is 8.32. The summed E-state index contributed by atoms with van der Waals surface area (Å²) >= 11 is 3.18. The molecule has 0 aromatic carbocycles. The first-order chi connectivity index (χ1) is 8.66. The molecule has 0 saturated heterocycles. The Morgan fingerprint density at radius 3 is 2.53 bits per heavy atom. The van der Waals surface area contributed by atoms with Gasteiger partial charge in [0.25, 0.3) is 0 Å². The zero-order valence-electron chi connectivity index (χ0n) is 11.9. The van der Waals surface area contributed by atoms with Crippen LogP contribution in [0.3, 0.4) is 0 Å². The van der Waals surface area contributed by atoms with Crippen molar-refractivity contribution >= 4 is 26.0 Å². The van der Waals surface area contributed by atoms with Gasteiger partial charge in [0.05, 0.1) is 6.54 Å². The largest absolute Gasteiger partial charge is 0.452 e. The Bertz CT molecular complexity index is 537. The van der Waals surface area contributed by atoms with Gasteiger partial charge in [0, 0.05) is 18.7 Å². The second kappa shape index (κ2) is 5.95. The molecule has 0 atom stereocenters. The van der Waals surface area contributed by atoms with E-state index in [2.05, 4.69) is 21.2 Å². The normalized spacial score (nSPS) is 13.2. The third kappa shape index (κ3) is 3.39. The van der Waals surface area contributed by atoms with Crippen LogP contribution in [0.1, 0.15) is 33.0 Å². The van der Waals surface area contributed by atoms with Crippen molar-refractivity contribution in [2.75, 3.05) is 14.1 Å². The van der Waals surface area contributed by atoms with Crippen LogP contribution in [-0.4, -0.2) is 32.4 Å². The Balaban J connectivity index is 3.20. The number of nitrogens with zero attached hydrogens (tertiary/aromatic N) is 1. The molecule has 110 valence electrons. The molecule has 1 heterocycles. The minimum Gasteiger partial charge on any atom is -0.452 e.